The van der Waals surface area contributed by atoms with Crippen LogP contribution in [0, 0.1) is 0 Å². The third-order valence-electron chi connectivity index (χ3n) is 5.49. The number of thiophene rings is 1. The van der Waals surface area contributed by atoms with Crippen LogP contribution in [0.1, 0.15) is 36.2 Å². The van der Waals surface area contributed by atoms with Crippen LogP contribution in [-0.2, 0) is 23.4 Å². The van der Waals surface area contributed by atoms with Gasteiger partial charge in [-0.25, -0.2) is 9.97 Å². The van der Waals surface area contributed by atoms with Gasteiger partial charge >= 0.3 is 0 Å². The molecule has 0 fully saturated rings. The van der Waals surface area contributed by atoms with E-state index in [4.69, 9.17) is 0 Å². The average molecular weight is 483 g/mol. The van der Waals surface area contributed by atoms with Gasteiger partial charge in [0.05, 0.1) is 22.1 Å². The number of carbonyl (C=O) groups excluding carboxylic acids is 1. The van der Waals surface area contributed by atoms with E-state index in [0.717, 1.165) is 29.7 Å². The maximum atomic E-state index is 12.8. The first-order valence-electron chi connectivity index (χ1n) is 10.6. The first-order valence-corrected chi connectivity index (χ1v) is 13.3. The second-order valence-electron chi connectivity index (χ2n) is 7.75. The first-order chi connectivity index (χ1) is 15.6. The average Bonchev–Trinajstić information content (AvgIpc) is 3.42. The predicted octanol–water partition coefficient (Wildman–Crippen LogP) is 5.25. The number of nitrogens with zero attached hydrogens (tertiary/aromatic N) is 2. The number of aryl methyl sites for hydroxylation is 2. The number of hydrogen-bond acceptors (Lipinski definition) is 7. The van der Waals surface area contributed by atoms with Crippen molar-refractivity contribution in [3.05, 3.63) is 62.5 Å². The number of thioether (sulfide) groups is 1. The van der Waals surface area contributed by atoms with Crippen LogP contribution in [0.15, 0.2) is 40.5 Å². The van der Waals surface area contributed by atoms with Crippen LogP contribution < -0.4 is 10.9 Å². The highest BCUT2D eigenvalue weighted by molar-refractivity contribution is 7.99. The molecule has 3 heterocycles. The minimum Gasteiger partial charge on any atom is -0.309 e. The largest absolute Gasteiger partial charge is 0.309 e. The normalized spacial score (nSPS) is 14.3. The highest BCUT2D eigenvalue weighted by atomic mass is 32.2. The quantitative estimate of drug-likeness (QED) is 0.392. The van der Waals surface area contributed by atoms with Crippen molar-refractivity contribution >= 4 is 55.7 Å². The van der Waals surface area contributed by atoms with Gasteiger partial charge in [-0.3, -0.25) is 9.59 Å². The first kappa shape index (κ1) is 21.4. The summed E-state index contributed by atoms with van der Waals surface area (Å²) in [6.45, 7) is 1.86. The second-order valence-corrected chi connectivity index (χ2v) is 11.0. The van der Waals surface area contributed by atoms with E-state index in [0.29, 0.717) is 26.9 Å². The van der Waals surface area contributed by atoms with E-state index in [9.17, 15) is 9.59 Å². The van der Waals surface area contributed by atoms with Gasteiger partial charge in [0.1, 0.15) is 10.7 Å². The Labute approximate surface area is 197 Å². The molecule has 0 saturated heterocycles. The number of rotatable bonds is 6. The standard InChI is InChI=1S/C23H22N4O2S3/c1-13(20(28)27-23-24-16-9-5-6-10-17(16)32-23)30-12-18-25-21(29)19-15(11-31-22(19)26-18)14-7-3-2-4-8-14/h2-4,7-8,11,13H,5-6,9-10,12H2,1H3,(H,24,27,28)(H,25,26,29)/t13-/m1/s1. The topological polar surface area (TPSA) is 87.7 Å². The fourth-order valence-electron chi connectivity index (χ4n) is 3.78. The van der Waals surface area contributed by atoms with Gasteiger partial charge in [0.2, 0.25) is 5.91 Å². The van der Waals surface area contributed by atoms with Crippen molar-refractivity contribution in [1.29, 1.82) is 0 Å². The number of nitrogens with one attached hydrogen (secondary N) is 2. The Bertz CT molecular complexity index is 1300. The Kier molecular flexibility index (Phi) is 6.12. The van der Waals surface area contributed by atoms with Crippen molar-refractivity contribution in [3.8, 4) is 11.1 Å². The van der Waals surface area contributed by atoms with E-state index in [2.05, 4.69) is 20.3 Å². The molecular weight excluding hydrogens is 460 g/mol. The maximum Gasteiger partial charge on any atom is 0.260 e. The van der Waals surface area contributed by atoms with Crippen molar-refractivity contribution in [3.63, 3.8) is 0 Å². The second kappa shape index (κ2) is 9.17. The van der Waals surface area contributed by atoms with Gasteiger partial charge < -0.3 is 10.3 Å². The minimum absolute atomic E-state index is 0.0768. The van der Waals surface area contributed by atoms with Crippen LogP contribution in [0.3, 0.4) is 0 Å². The van der Waals surface area contributed by atoms with Crippen LogP contribution in [0.2, 0.25) is 0 Å². The number of carbonyl (C=O) groups is 1. The number of aromatic amines is 1. The molecule has 1 aromatic carbocycles. The molecule has 0 radical (unpaired) electrons. The molecule has 1 aliphatic carbocycles. The Hall–Kier alpha value is -2.49. The number of benzene rings is 1. The summed E-state index contributed by atoms with van der Waals surface area (Å²) in [4.78, 5) is 39.6. The highest BCUT2D eigenvalue weighted by Gasteiger charge is 2.20. The molecule has 2 N–H and O–H groups in total. The van der Waals surface area contributed by atoms with E-state index in [-0.39, 0.29) is 16.7 Å². The number of amides is 1. The minimum atomic E-state index is -0.292. The molecule has 1 amide bonds. The van der Waals surface area contributed by atoms with Crippen LogP contribution in [0.5, 0.6) is 0 Å². The zero-order valence-electron chi connectivity index (χ0n) is 17.5. The van der Waals surface area contributed by atoms with Crippen molar-refractivity contribution in [1.82, 2.24) is 15.0 Å². The molecule has 1 aliphatic rings. The van der Waals surface area contributed by atoms with Crippen LogP contribution in [0.4, 0.5) is 5.13 Å². The molecule has 5 rings (SSSR count). The molecule has 1 atom stereocenters. The third kappa shape index (κ3) is 4.37. The van der Waals surface area contributed by atoms with Crippen LogP contribution in [0.25, 0.3) is 21.3 Å². The van der Waals surface area contributed by atoms with E-state index in [1.54, 1.807) is 11.3 Å². The summed E-state index contributed by atoms with van der Waals surface area (Å²) in [5, 5.41) is 5.95. The summed E-state index contributed by atoms with van der Waals surface area (Å²) in [5.41, 5.74) is 2.90. The van der Waals surface area contributed by atoms with E-state index < -0.39 is 0 Å². The number of fused-ring (bicyclic) bond motifs is 2. The summed E-state index contributed by atoms with van der Waals surface area (Å²) in [5.74, 6) is 0.956. The molecule has 0 saturated carbocycles. The highest BCUT2D eigenvalue weighted by Crippen LogP contribution is 2.32. The Morgan fingerprint density at radius 1 is 1.22 bits per heavy atom. The van der Waals surface area contributed by atoms with Crippen LogP contribution in [-0.4, -0.2) is 26.1 Å². The third-order valence-corrected chi connectivity index (χ3v) is 8.59. The molecule has 6 nitrogen and oxygen atoms in total. The number of anilines is 1. The lowest BCUT2D eigenvalue weighted by Crippen LogP contribution is -2.23. The van der Waals surface area contributed by atoms with E-state index >= 15 is 0 Å². The molecule has 9 heteroatoms. The Morgan fingerprint density at radius 2 is 2.03 bits per heavy atom. The van der Waals surface area contributed by atoms with Gasteiger partial charge in [0.25, 0.3) is 5.56 Å². The molecule has 4 aromatic rings. The van der Waals surface area contributed by atoms with E-state index in [1.165, 1.54) is 40.8 Å². The number of H-pyrrole nitrogens is 1. The number of hydrogen-bond donors (Lipinski definition) is 2. The van der Waals surface area contributed by atoms with Gasteiger partial charge in [0.15, 0.2) is 5.13 Å². The molecule has 0 unspecified atom stereocenters. The van der Waals surface area contributed by atoms with Crippen molar-refractivity contribution in [2.45, 2.75) is 43.6 Å². The molecular formula is C23H22N4O2S3. The summed E-state index contributed by atoms with van der Waals surface area (Å²) < 4.78 is 0. The van der Waals surface area contributed by atoms with E-state index in [1.807, 2.05) is 42.6 Å². The summed E-state index contributed by atoms with van der Waals surface area (Å²) in [6, 6.07) is 9.85. The molecule has 164 valence electrons. The number of aromatic nitrogens is 3. The Morgan fingerprint density at radius 3 is 2.84 bits per heavy atom. The Balaban J connectivity index is 1.26. The van der Waals surface area contributed by atoms with Crippen molar-refractivity contribution in [2.75, 3.05) is 5.32 Å². The molecule has 32 heavy (non-hydrogen) atoms. The van der Waals surface area contributed by atoms with Crippen molar-refractivity contribution in [2.24, 2.45) is 0 Å². The van der Waals surface area contributed by atoms with Gasteiger partial charge in [-0.2, -0.15) is 0 Å². The summed E-state index contributed by atoms with van der Waals surface area (Å²) in [7, 11) is 0. The van der Waals surface area contributed by atoms with Gasteiger partial charge in [0, 0.05) is 15.8 Å². The molecule has 0 bridgehead atoms. The monoisotopic (exact) mass is 482 g/mol. The number of thiazole rings is 1. The summed E-state index contributed by atoms with van der Waals surface area (Å²) in [6.07, 6.45) is 4.43. The fourth-order valence-corrected chi connectivity index (χ4v) is 6.56. The van der Waals surface area contributed by atoms with Crippen molar-refractivity contribution < 1.29 is 4.79 Å². The van der Waals surface area contributed by atoms with Gasteiger partial charge in [-0.1, -0.05) is 30.3 Å². The summed E-state index contributed by atoms with van der Waals surface area (Å²) >= 11 is 4.50. The maximum absolute atomic E-state index is 12.8. The lowest BCUT2D eigenvalue weighted by atomic mass is 10.0. The van der Waals surface area contributed by atoms with Crippen LogP contribution >= 0.6 is 34.4 Å². The predicted molar refractivity (Wildman–Crippen MR) is 134 cm³/mol. The van der Waals surface area contributed by atoms with Gasteiger partial charge in [-0.15, -0.1) is 34.4 Å². The zero-order chi connectivity index (χ0) is 22.1. The molecule has 0 aliphatic heterocycles. The lowest BCUT2D eigenvalue weighted by molar-refractivity contribution is -0.115. The smallest absolute Gasteiger partial charge is 0.260 e. The molecule has 0 spiro atoms. The lowest BCUT2D eigenvalue weighted by Gasteiger charge is -2.10. The zero-order valence-corrected chi connectivity index (χ0v) is 20.0. The SMILES string of the molecule is C[C@@H](SCc1nc2scc(-c3ccccc3)c2c(=O)[nH]1)C(=O)Nc1nc2c(s1)CCCC2. The van der Waals surface area contributed by atoms with Gasteiger partial charge in [-0.05, 0) is 38.2 Å². The molecule has 3 aromatic heterocycles. The fraction of sp³-hybridized carbons (Fsp3) is 0.304.